The number of aromatic nitrogens is 4. The zero-order chi connectivity index (χ0) is 15.4. The van der Waals surface area contributed by atoms with E-state index >= 15 is 0 Å². The van der Waals surface area contributed by atoms with Crippen LogP contribution >= 0.6 is 0 Å². The Morgan fingerprint density at radius 2 is 2.10 bits per heavy atom. The van der Waals surface area contributed by atoms with Crippen molar-refractivity contribution in [3.63, 3.8) is 0 Å². The molecular weight excluding hydrogens is 266 g/mol. The molecule has 2 rings (SSSR count). The summed E-state index contributed by atoms with van der Waals surface area (Å²) in [4.78, 5) is 0. The van der Waals surface area contributed by atoms with Crippen LogP contribution in [0.1, 0.15) is 43.8 Å². The SMILES string of the molecule is CCNC(c1cn(C)nc1CC)c1c(OC)cnn1CC. The van der Waals surface area contributed by atoms with Crippen LogP contribution in [0.15, 0.2) is 12.4 Å². The number of rotatable bonds is 7. The number of methoxy groups -OCH3 is 1. The van der Waals surface area contributed by atoms with Crippen LogP contribution in [0.2, 0.25) is 0 Å². The third-order valence-electron chi connectivity index (χ3n) is 3.63. The number of ether oxygens (including phenoxy) is 1. The van der Waals surface area contributed by atoms with Gasteiger partial charge in [0.05, 0.1) is 25.0 Å². The highest BCUT2D eigenvalue weighted by molar-refractivity contribution is 5.37. The maximum atomic E-state index is 5.51. The molecular formula is C15H25N5O. The van der Waals surface area contributed by atoms with Gasteiger partial charge in [0.15, 0.2) is 5.75 Å². The van der Waals surface area contributed by atoms with Crippen LogP contribution in [0.3, 0.4) is 0 Å². The highest BCUT2D eigenvalue weighted by atomic mass is 16.5. The summed E-state index contributed by atoms with van der Waals surface area (Å²) in [6.07, 6.45) is 4.77. The van der Waals surface area contributed by atoms with E-state index in [0.29, 0.717) is 0 Å². The second-order valence-corrected chi connectivity index (χ2v) is 4.96. The first-order valence-electron chi connectivity index (χ1n) is 7.51. The second kappa shape index (κ2) is 6.76. The number of aryl methyl sites for hydroxylation is 3. The van der Waals surface area contributed by atoms with Gasteiger partial charge in [-0.15, -0.1) is 0 Å². The number of nitrogens with one attached hydrogen (secondary N) is 1. The van der Waals surface area contributed by atoms with Crippen molar-refractivity contribution in [2.45, 2.75) is 39.8 Å². The molecule has 1 atom stereocenters. The van der Waals surface area contributed by atoms with Crippen molar-refractivity contribution in [1.82, 2.24) is 24.9 Å². The molecule has 0 bridgehead atoms. The third-order valence-corrected chi connectivity index (χ3v) is 3.63. The standard InChI is InChI=1S/C15H25N5O/c1-6-12-11(10-19(4)18-12)14(16-7-2)15-13(21-5)9-17-20(15)8-3/h9-10,14,16H,6-8H2,1-5H3. The maximum Gasteiger partial charge on any atom is 0.161 e. The van der Waals surface area contributed by atoms with E-state index in [2.05, 4.69) is 42.5 Å². The summed E-state index contributed by atoms with van der Waals surface area (Å²) >= 11 is 0. The molecule has 0 aromatic carbocycles. The Morgan fingerprint density at radius 3 is 2.67 bits per heavy atom. The highest BCUT2D eigenvalue weighted by Gasteiger charge is 2.26. The molecule has 0 saturated heterocycles. The molecule has 0 aliphatic heterocycles. The Bertz CT molecular complexity index is 565. The van der Waals surface area contributed by atoms with Crippen molar-refractivity contribution >= 4 is 0 Å². The van der Waals surface area contributed by atoms with Crippen LogP contribution in [0.5, 0.6) is 5.75 Å². The Morgan fingerprint density at radius 1 is 1.33 bits per heavy atom. The molecule has 21 heavy (non-hydrogen) atoms. The minimum Gasteiger partial charge on any atom is -0.493 e. The lowest BCUT2D eigenvalue weighted by Gasteiger charge is -2.20. The Balaban J connectivity index is 2.55. The summed E-state index contributed by atoms with van der Waals surface area (Å²) < 4.78 is 9.36. The molecule has 0 aliphatic rings. The number of hydrogen-bond donors (Lipinski definition) is 1. The average Bonchev–Trinajstić information content (AvgIpc) is 3.07. The van der Waals surface area contributed by atoms with Gasteiger partial charge in [-0.1, -0.05) is 13.8 Å². The van der Waals surface area contributed by atoms with E-state index in [1.165, 1.54) is 5.56 Å². The first kappa shape index (κ1) is 15.6. The molecule has 6 heteroatoms. The zero-order valence-electron chi connectivity index (χ0n) is 13.6. The lowest BCUT2D eigenvalue weighted by molar-refractivity contribution is 0.399. The first-order valence-corrected chi connectivity index (χ1v) is 7.51. The molecule has 2 heterocycles. The molecule has 1 N–H and O–H groups in total. The van der Waals surface area contributed by atoms with Crippen molar-refractivity contribution in [2.24, 2.45) is 7.05 Å². The molecule has 2 aromatic heterocycles. The van der Waals surface area contributed by atoms with Crippen molar-refractivity contribution in [1.29, 1.82) is 0 Å². The van der Waals surface area contributed by atoms with E-state index in [4.69, 9.17) is 4.74 Å². The van der Waals surface area contributed by atoms with Gasteiger partial charge in [-0.05, 0) is 19.9 Å². The molecule has 0 radical (unpaired) electrons. The summed E-state index contributed by atoms with van der Waals surface area (Å²) in [7, 11) is 3.65. The molecule has 0 saturated carbocycles. The van der Waals surface area contributed by atoms with E-state index in [-0.39, 0.29) is 6.04 Å². The van der Waals surface area contributed by atoms with Crippen LogP contribution in [-0.4, -0.2) is 33.2 Å². The van der Waals surface area contributed by atoms with Crippen LogP contribution in [-0.2, 0) is 20.0 Å². The zero-order valence-corrected chi connectivity index (χ0v) is 13.6. The topological polar surface area (TPSA) is 56.9 Å². The van der Waals surface area contributed by atoms with E-state index in [0.717, 1.165) is 36.6 Å². The average molecular weight is 291 g/mol. The lowest BCUT2D eigenvalue weighted by atomic mass is 10.0. The first-order chi connectivity index (χ1) is 10.2. The van der Waals surface area contributed by atoms with Crippen LogP contribution < -0.4 is 10.1 Å². The summed E-state index contributed by atoms with van der Waals surface area (Å²) in [5, 5.41) is 12.5. The van der Waals surface area contributed by atoms with Crippen molar-refractivity contribution < 1.29 is 4.74 Å². The van der Waals surface area contributed by atoms with Crippen molar-refractivity contribution in [3.05, 3.63) is 29.3 Å². The number of nitrogens with zero attached hydrogens (tertiary/aromatic N) is 4. The van der Waals surface area contributed by atoms with Crippen LogP contribution in [0, 0.1) is 0 Å². The van der Waals surface area contributed by atoms with Crippen LogP contribution in [0.4, 0.5) is 0 Å². The normalized spacial score (nSPS) is 12.6. The van der Waals surface area contributed by atoms with Gasteiger partial charge in [0, 0.05) is 25.4 Å². The van der Waals surface area contributed by atoms with Crippen LogP contribution in [0.25, 0.3) is 0 Å². The molecule has 1 unspecified atom stereocenters. The van der Waals surface area contributed by atoms with Gasteiger partial charge in [0.25, 0.3) is 0 Å². The number of hydrogen-bond acceptors (Lipinski definition) is 4. The van der Waals surface area contributed by atoms with Gasteiger partial charge in [-0.25, -0.2) is 0 Å². The van der Waals surface area contributed by atoms with Gasteiger partial charge in [0.2, 0.25) is 0 Å². The van der Waals surface area contributed by atoms with Gasteiger partial charge in [0.1, 0.15) is 5.69 Å². The minimum absolute atomic E-state index is 0.0380. The summed E-state index contributed by atoms with van der Waals surface area (Å²) in [6.45, 7) is 7.99. The van der Waals surface area contributed by atoms with Gasteiger partial charge in [-0.3, -0.25) is 9.36 Å². The van der Waals surface area contributed by atoms with E-state index in [9.17, 15) is 0 Å². The van der Waals surface area contributed by atoms with Crippen molar-refractivity contribution in [2.75, 3.05) is 13.7 Å². The molecule has 116 valence electrons. The Kier molecular flexibility index (Phi) is 5.01. The van der Waals surface area contributed by atoms with E-state index < -0.39 is 0 Å². The van der Waals surface area contributed by atoms with Gasteiger partial charge >= 0.3 is 0 Å². The maximum absolute atomic E-state index is 5.51. The molecule has 0 aliphatic carbocycles. The smallest absolute Gasteiger partial charge is 0.161 e. The quantitative estimate of drug-likeness (QED) is 0.846. The minimum atomic E-state index is 0.0380. The van der Waals surface area contributed by atoms with Gasteiger partial charge in [-0.2, -0.15) is 10.2 Å². The Hall–Kier alpha value is -1.82. The summed E-state index contributed by atoms with van der Waals surface area (Å²) in [5.74, 6) is 0.814. The highest BCUT2D eigenvalue weighted by Crippen LogP contribution is 2.31. The van der Waals surface area contributed by atoms with Crippen molar-refractivity contribution in [3.8, 4) is 5.75 Å². The third kappa shape index (κ3) is 2.95. The predicted molar refractivity (Wildman–Crippen MR) is 82.6 cm³/mol. The largest absolute Gasteiger partial charge is 0.493 e. The fraction of sp³-hybridized carbons (Fsp3) is 0.600. The lowest BCUT2D eigenvalue weighted by Crippen LogP contribution is -2.26. The fourth-order valence-electron chi connectivity index (χ4n) is 2.71. The fourth-order valence-corrected chi connectivity index (χ4v) is 2.71. The second-order valence-electron chi connectivity index (χ2n) is 4.96. The molecule has 6 nitrogen and oxygen atoms in total. The predicted octanol–water partition coefficient (Wildman–Crippen LogP) is 1.91. The molecule has 0 fully saturated rings. The summed E-state index contributed by atoms with van der Waals surface area (Å²) in [6, 6.07) is 0.0380. The van der Waals surface area contributed by atoms with E-state index in [1.807, 2.05) is 16.4 Å². The molecule has 0 spiro atoms. The molecule has 0 amide bonds. The monoisotopic (exact) mass is 291 g/mol. The molecule has 2 aromatic rings. The summed E-state index contributed by atoms with van der Waals surface area (Å²) in [5.41, 5.74) is 3.36. The van der Waals surface area contributed by atoms with E-state index in [1.54, 1.807) is 13.3 Å². The Labute approximate surface area is 126 Å². The van der Waals surface area contributed by atoms with Gasteiger partial charge < -0.3 is 10.1 Å².